The highest BCUT2D eigenvalue weighted by Gasteiger charge is 2.85. The average molecular weight is 411 g/mol. The Balaban J connectivity index is 3.39. The Bertz CT molecular complexity index is 757. The number of rotatable bonds is 5. The normalized spacial score (nSPS) is 14.5. The molecule has 144 valence electrons. The van der Waals surface area contributed by atoms with Crippen LogP contribution in [0, 0.1) is 11.6 Å². The van der Waals surface area contributed by atoms with Crippen LogP contribution in [-0.4, -0.2) is 31.7 Å². The van der Waals surface area contributed by atoms with Crippen molar-refractivity contribution in [3.63, 3.8) is 0 Å². The molecule has 1 rings (SSSR count). The summed E-state index contributed by atoms with van der Waals surface area (Å²) in [6.45, 7) is 0. The lowest BCUT2D eigenvalue weighted by atomic mass is 10.1. The van der Waals surface area contributed by atoms with E-state index in [-0.39, 0.29) is 18.2 Å². The smallest absolute Gasteiger partial charge is 0.275 e. The molecule has 0 saturated carbocycles. The van der Waals surface area contributed by atoms with Gasteiger partial charge in [-0.05, 0) is 12.1 Å². The van der Waals surface area contributed by atoms with Crippen LogP contribution in [0.1, 0.15) is 0 Å². The molecule has 0 saturated heterocycles. The van der Waals surface area contributed by atoms with Gasteiger partial charge in [0.15, 0.2) is 0 Å². The van der Waals surface area contributed by atoms with Crippen LogP contribution in [0.2, 0.25) is 0 Å². The van der Waals surface area contributed by atoms with Gasteiger partial charge in [0.05, 0.1) is 5.69 Å². The maximum atomic E-state index is 13.3. The molecular weight excluding hydrogens is 407 g/mol. The zero-order valence-corrected chi connectivity index (χ0v) is 11.9. The Kier molecular flexibility index (Phi) is 4.99. The first-order valence-electron chi connectivity index (χ1n) is 5.56. The summed E-state index contributed by atoms with van der Waals surface area (Å²) in [5.74, 6) is -18.2. The Morgan fingerprint density at radius 1 is 0.800 bits per heavy atom. The third-order valence-corrected chi connectivity index (χ3v) is 4.05. The minimum atomic E-state index is -7.46. The van der Waals surface area contributed by atoms with E-state index < -0.39 is 50.6 Å². The van der Waals surface area contributed by atoms with E-state index in [4.69, 9.17) is 0 Å². The fourth-order valence-electron chi connectivity index (χ4n) is 1.31. The van der Waals surface area contributed by atoms with Crippen LogP contribution in [0.5, 0.6) is 0 Å². The van der Waals surface area contributed by atoms with Crippen molar-refractivity contribution in [3.8, 4) is 0 Å². The minimum Gasteiger partial charge on any atom is -0.275 e. The van der Waals surface area contributed by atoms with Gasteiger partial charge in [0.25, 0.3) is 0 Å². The van der Waals surface area contributed by atoms with Crippen molar-refractivity contribution >= 4 is 15.7 Å². The second kappa shape index (κ2) is 5.88. The molecule has 1 N–H and O–H groups in total. The molecule has 0 fully saturated rings. The fraction of sp³-hybridized carbons (Fsp3) is 0.400. The third-order valence-electron chi connectivity index (χ3n) is 2.63. The fourth-order valence-corrected chi connectivity index (χ4v) is 2.36. The van der Waals surface area contributed by atoms with Gasteiger partial charge in [-0.1, -0.05) is 0 Å². The lowest BCUT2D eigenvalue weighted by Crippen LogP contribution is -2.64. The first-order valence-corrected chi connectivity index (χ1v) is 7.04. The van der Waals surface area contributed by atoms with E-state index in [1.54, 1.807) is 0 Å². The highest BCUT2D eigenvalue weighted by atomic mass is 32.2. The summed E-state index contributed by atoms with van der Waals surface area (Å²) in [6.07, 6.45) is -7.23. The topological polar surface area (TPSA) is 46.2 Å². The van der Waals surface area contributed by atoms with Gasteiger partial charge in [-0.15, -0.1) is 0 Å². The summed E-state index contributed by atoms with van der Waals surface area (Å²) >= 11 is 0. The largest absolute Gasteiger partial charge is 0.460 e. The van der Waals surface area contributed by atoms with Crippen molar-refractivity contribution < 1.29 is 56.7 Å². The van der Waals surface area contributed by atoms with Crippen molar-refractivity contribution in [1.29, 1.82) is 0 Å². The lowest BCUT2D eigenvalue weighted by molar-refractivity contribution is -0.382. The molecule has 1 aromatic carbocycles. The predicted octanol–water partition coefficient (Wildman–Crippen LogP) is 4.13. The van der Waals surface area contributed by atoms with Gasteiger partial charge in [0.2, 0.25) is 0 Å². The molecule has 0 heterocycles. The molecule has 0 unspecified atom stereocenters. The third kappa shape index (κ3) is 3.32. The van der Waals surface area contributed by atoms with E-state index in [9.17, 15) is 56.7 Å². The van der Waals surface area contributed by atoms with Gasteiger partial charge in [-0.2, -0.15) is 47.9 Å². The van der Waals surface area contributed by atoms with Crippen LogP contribution >= 0.6 is 0 Å². The van der Waals surface area contributed by atoms with Crippen molar-refractivity contribution in [3.05, 3.63) is 29.8 Å². The van der Waals surface area contributed by atoms with Gasteiger partial charge in [0, 0.05) is 6.07 Å². The Labute approximate surface area is 131 Å². The number of alkyl halides is 9. The summed E-state index contributed by atoms with van der Waals surface area (Å²) in [4.78, 5) is 0. The molecule has 0 atom stereocenters. The number of sulfonamides is 1. The first kappa shape index (κ1) is 21.2. The molecule has 3 nitrogen and oxygen atoms in total. The Morgan fingerprint density at radius 2 is 1.28 bits per heavy atom. The summed E-state index contributed by atoms with van der Waals surface area (Å²) in [7, 11) is -7.03. The molecule has 0 aliphatic carbocycles. The molecule has 15 heteroatoms. The van der Waals surface area contributed by atoms with Crippen molar-refractivity contribution in [1.82, 2.24) is 0 Å². The first-order chi connectivity index (χ1) is 10.9. The standard InChI is InChI=1S/C10H4F11NO2S/c11-4-1-2-6(5(12)3-4)22-25(23,24)10(20,21)8(15,16)7(13,14)9(17,18)19/h1-3,22H. The summed E-state index contributed by atoms with van der Waals surface area (Å²) in [6, 6.07) is 0.276. The van der Waals surface area contributed by atoms with Crippen molar-refractivity contribution in [2.24, 2.45) is 0 Å². The number of nitrogens with one attached hydrogen (secondary N) is 1. The zero-order valence-electron chi connectivity index (χ0n) is 11.1. The van der Waals surface area contributed by atoms with E-state index in [1.807, 2.05) is 0 Å². The molecule has 0 aromatic heterocycles. The second-order valence-electron chi connectivity index (χ2n) is 4.39. The van der Waals surface area contributed by atoms with Gasteiger partial charge < -0.3 is 0 Å². The Morgan fingerprint density at radius 3 is 1.68 bits per heavy atom. The maximum Gasteiger partial charge on any atom is 0.460 e. The van der Waals surface area contributed by atoms with Gasteiger partial charge in [0.1, 0.15) is 11.6 Å². The molecule has 0 spiro atoms. The number of hydrogen-bond acceptors (Lipinski definition) is 2. The average Bonchev–Trinajstić information content (AvgIpc) is 2.40. The molecule has 0 radical (unpaired) electrons. The summed E-state index contributed by atoms with van der Waals surface area (Å²) < 4.78 is 162. The highest BCUT2D eigenvalue weighted by molar-refractivity contribution is 7.93. The van der Waals surface area contributed by atoms with Crippen LogP contribution in [0.15, 0.2) is 18.2 Å². The van der Waals surface area contributed by atoms with Crippen LogP contribution in [0.3, 0.4) is 0 Å². The van der Waals surface area contributed by atoms with Crippen LogP contribution in [0.25, 0.3) is 0 Å². The highest BCUT2D eigenvalue weighted by Crippen LogP contribution is 2.54. The van der Waals surface area contributed by atoms with E-state index in [2.05, 4.69) is 0 Å². The predicted molar refractivity (Wildman–Crippen MR) is 59.8 cm³/mol. The second-order valence-corrected chi connectivity index (χ2v) is 6.12. The number of benzene rings is 1. The van der Waals surface area contributed by atoms with Gasteiger partial charge >= 0.3 is 33.3 Å². The maximum absolute atomic E-state index is 13.3. The van der Waals surface area contributed by atoms with E-state index >= 15 is 0 Å². The molecule has 0 aliphatic rings. The number of halogens is 11. The quantitative estimate of drug-likeness (QED) is 0.741. The van der Waals surface area contributed by atoms with E-state index in [0.717, 1.165) is 0 Å². The molecule has 25 heavy (non-hydrogen) atoms. The van der Waals surface area contributed by atoms with Gasteiger partial charge in [-0.3, -0.25) is 4.72 Å². The number of anilines is 1. The molecule has 1 aromatic rings. The summed E-state index contributed by atoms with van der Waals surface area (Å²) in [5, 5.41) is -7.03. The molecule has 0 bridgehead atoms. The molecule has 0 aliphatic heterocycles. The Hall–Kier alpha value is -1.80. The minimum absolute atomic E-state index is 0.0988. The number of hydrogen-bond donors (Lipinski definition) is 1. The monoisotopic (exact) mass is 411 g/mol. The van der Waals surface area contributed by atoms with Crippen LogP contribution in [-0.2, 0) is 10.0 Å². The van der Waals surface area contributed by atoms with Crippen molar-refractivity contribution in [2.75, 3.05) is 4.72 Å². The van der Waals surface area contributed by atoms with Crippen LogP contribution < -0.4 is 4.72 Å². The van der Waals surface area contributed by atoms with E-state index in [1.165, 1.54) is 0 Å². The lowest BCUT2D eigenvalue weighted by Gasteiger charge is -2.33. The van der Waals surface area contributed by atoms with Gasteiger partial charge in [-0.25, -0.2) is 8.78 Å². The van der Waals surface area contributed by atoms with Crippen molar-refractivity contribution in [2.45, 2.75) is 23.3 Å². The molecular formula is C10H4F11NO2S. The SMILES string of the molecule is O=S(=O)(Nc1ccc(F)cc1F)C(F)(F)C(F)(F)C(F)(F)C(F)(F)F. The van der Waals surface area contributed by atoms with E-state index in [0.29, 0.717) is 4.72 Å². The van der Waals surface area contributed by atoms with Crippen LogP contribution in [0.4, 0.5) is 54.0 Å². The zero-order chi connectivity index (χ0) is 20.1. The summed E-state index contributed by atoms with van der Waals surface area (Å²) in [5.41, 5.74) is -1.59. The molecule has 0 amide bonds.